The second-order valence-electron chi connectivity index (χ2n) is 3.74. The predicted octanol–water partition coefficient (Wildman–Crippen LogP) is 0.604. The average molecular weight is 197 g/mol. The molecule has 1 atom stereocenters. The highest BCUT2D eigenvalue weighted by Gasteiger charge is 2.06. The summed E-state index contributed by atoms with van der Waals surface area (Å²) in [7, 11) is 4.00. The molecule has 0 radical (unpaired) electrons. The van der Waals surface area contributed by atoms with Gasteiger partial charge in [0.1, 0.15) is 0 Å². The first-order valence-electron chi connectivity index (χ1n) is 4.87. The van der Waals surface area contributed by atoms with Crippen molar-refractivity contribution in [3.05, 3.63) is 0 Å². The summed E-state index contributed by atoms with van der Waals surface area (Å²) in [5.41, 5.74) is 0. The van der Waals surface area contributed by atoms with Gasteiger partial charge in [0.2, 0.25) is 5.91 Å². The Morgan fingerprint density at radius 1 is 1.57 bits per heavy atom. The molecule has 0 fully saturated rings. The van der Waals surface area contributed by atoms with Crippen LogP contribution in [0, 0.1) is 17.2 Å². The first-order chi connectivity index (χ1) is 6.56. The summed E-state index contributed by atoms with van der Waals surface area (Å²) in [6.45, 7) is 3.41. The molecule has 0 saturated carbocycles. The van der Waals surface area contributed by atoms with E-state index in [0.717, 1.165) is 13.0 Å². The number of nitrogens with zero attached hydrogens (tertiary/aromatic N) is 2. The molecule has 4 nitrogen and oxygen atoms in total. The molecule has 0 aliphatic carbocycles. The van der Waals surface area contributed by atoms with Crippen molar-refractivity contribution in [3.8, 4) is 6.07 Å². The molecule has 1 unspecified atom stereocenters. The lowest BCUT2D eigenvalue weighted by molar-refractivity contribution is -0.121. The van der Waals surface area contributed by atoms with Gasteiger partial charge in [0.05, 0.1) is 12.0 Å². The Bertz CT molecular complexity index is 208. The van der Waals surface area contributed by atoms with Crippen molar-refractivity contribution in [2.45, 2.75) is 19.8 Å². The third kappa shape index (κ3) is 7.56. The highest BCUT2D eigenvalue weighted by Crippen LogP contribution is 1.98. The fraction of sp³-hybridized carbons (Fsp3) is 0.800. The molecule has 4 heteroatoms. The van der Waals surface area contributed by atoms with Gasteiger partial charge in [0.25, 0.3) is 0 Å². The largest absolute Gasteiger partial charge is 0.356 e. The highest BCUT2D eigenvalue weighted by atomic mass is 16.1. The van der Waals surface area contributed by atoms with Crippen LogP contribution in [0.1, 0.15) is 19.8 Å². The third-order valence-electron chi connectivity index (χ3n) is 1.82. The lowest BCUT2D eigenvalue weighted by Gasteiger charge is -2.10. The van der Waals surface area contributed by atoms with Crippen LogP contribution in [0.25, 0.3) is 0 Å². The van der Waals surface area contributed by atoms with Crippen LogP contribution < -0.4 is 5.32 Å². The molecule has 0 aromatic rings. The standard InChI is InChI=1S/C10H19N3O/c1-9(8-11)7-10(14)12-5-4-6-13(2)3/h9H,4-7H2,1-3H3,(H,12,14). The molecule has 0 heterocycles. The van der Waals surface area contributed by atoms with Crippen molar-refractivity contribution in [1.29, 1.82) is 5.26 Å². The van der Waals surface area contributed by atoms with Gasteiger partial charge in [-0.15, -0.1) is 0 Å². The summed E-state index contributed by atoms with van der Waals surface area (Å²) in [5.74, 6) is -0.221. The van der Waals surface area contributed by atoms with Gasteiger partial charge in [-0.05, 0) is 34.0 Å². The van der Waals surface area contributed by atoms with Crippen LogP contribution in [0.4, 0.5) is 0 Å². The Hall–Kier alpha value is -1.08. The number of carbonyl (C=O) groups excluding carboxylic acids is 1. The molecule has 0 saturated heterocycles. The minimum Gasteiger partial charge on any atom is -0.356 e. The minimum atomic E-state index is -0.191. The molecule has 0 spiro atoms. The molecule has 0 aromatic carbocycles. The first-order valence-corrected chi connectivity index (χ1v) is 4.87. The molecular weight excluding hydrogens is 178 g/mol. The van der Waals surface area contributed by atoms with Crippen molar-refractivity contribution >= 4 is 5.91 Å². The molecule has 1 N–H and O–H groups in total. The van der Waals surface area contributed by atoms with Gasteiger partial charge in [-0.25, -0.2) is 0 Å². The number of hydrogen-bond donors (Lipinski definition) is 1. The zero-order valence-electron chi connectivity index (χ0n) is 9.21. The summed E-state index contributed by atoms with van der Waals surface area (Å²) in [6.07, 6.45) is 1.25. The monoisotopic (exact) mass is 197 g/mol. The molecule has 0 rings (SSSR count). The molecule has 0 aromatic heterocycles. The quantitative estimate of drug-likeness (QED) is 0.634. The van der Waals surface area contributed by atoms with Crippen molar-refractivity contribution in [2.24, 2.45) is 5.92 Å². The number of carbonyl (C=O) groups is 1. The second-order valence-corrected chi connectivity index (χ2v) is 3.74. The van der Waals surface area contributed by atoms with Crippen LogP contribution >= 0.6 is 0 Å². The third-order valence-corrected chi connectivity index (χ3v) is 1.82. The van der Waals surface area contributed by atoms with Gasteiger partial charge < -0.3 is 10.2 Å². The van der Waals surface area contributed by atoms with E-state index >= 15 is 0 Å². The molecule has 0 aliphatic rings. The topological polar surface area (TPSA) is 56.1 Å². The van der Waals surface area contributed by atoms with Crippen LogP contribution in [0.2, 0.25) is 0 Å². The SMILES string of the molecule is CC(C#N)CC(=O)NCCCN(C)C. The van der Waals surface area contributed by atoms with Crippen molar-refractivity contribution < 1.29 is 4.79 Å². The van der Waals surface area contributed by atoms with Crippen molar-refractivity contribution in [1.82, 2.24) is 10.2 Å². The summed E-state index contributed by atoms with van der Waals surface area (Å²) < 4.78 is 0. The lowest BCUT2D eigenvalue weighted by atomic mass is 10.1. The van der Waals surface area contributed by atoms with Gasteiger partial charge in [-0.2, -0.15) is 5.26 Å². The van der Waals surface area contributed by atoms with Crippen LogP contribution in [0.5, 0.6) is 0 Å². The van der Waals surface area contributed by atoms with E-state index in [2.05, 4.69) is 10.2 Å². The van der Waals surface area contributed by atoms with E-state index in [4.69, 9.17) is 5.26 Å². The number of nitrogens with one attached hydrogen (secondary N) is 1. The zero-order chi connectivity index (χ0) is 11.0. The molecule has 80 valence electrons. The molecule has 0 bridgehead atoms. The van der Waals surface area contributed by atoms with Gasteiger partial charge in [0.15, 0.2) is 0 Å². The Balaban J connectivity index is 3.41. The number of rotatable bonds is 6. The van der Waals surface area contributed by atoms with Gasteiger partial charge >= 0.3 is 0 Å². The van der Waals surface area contributed by atoms with E-state index in [1.165, 1.54) is 0 Å². The van der Waals surface area contributed by atoms with Crippen LogP contribution in [-0.2, 0) is 4.79 Å². The van der Waals surface area contributed by atoms with Gasteiger partial charge in [-0.1, -0.05) is 0 Å². The minimum absolute atomic E-state index is 0.0298. The van der Waals surface area contributed by atoms with E-state index in [1.807, 2.05) is 20.2 Å². The summed E-state index contributed by atoms with van der Waals surface area (Å²) in [4.78, 5) is 13.3. The van der Waals surface area contributed by atoms with Crippen LogP contribution in [0.15, 0.2) is 0 Å². The predicted molar refractivity (Wildman–Crippen MR) is 55.6 cm³/mol. The maximum absolute atomic E-state index is 11.2. The van der Waals surface area contributed by atoms with Crippen molar-refractivity contribution in [2.75, 3.05) is 27.2 Å². The molecular formula is C10H19N3O. The number of hydrogen-bond acceptors (Lipinski definition) is 3. The van der Waals surface area contributed by atoms with E-state index in [9.17, 15) is 4.79 Å². The summed E-state index contributed by atoms with van der Waals surface area (Å²) in [5, 5.41) is 11.3. The van der Waals surface area contributed by atoms with E-state index in [0.29, 0.717) is 13.0 Å². The summed E-state index contributed by atoms with van der Waals surface area (Å²) >= 11 is 0. The molecule has 1 amide bonds. The maximum atomic E-state index is 11.2. The lowest BCUT2D eigenvalue weighted by Crippen LogP contribution is -2.28. The first kappa shape index (κ1) is 12.9. The van der Waals surface area contributed by atoms with Crippen molar-refractivity contribution in [3.63, 3.8) is 0 Å². The van der Waals surface area contributed by atoms with E-state index < -0.39 is 0 Å². The highest BCUT2D eigenvalue weighted by molar-refractivity contribution is 5.76. The number of amides is 1. The van der Waals surface area contributed by atoms with Crippen LogP contribution in [-0.4, -0.2) is 38.0 Å². The molecule has 0 aliphatic heterocycles. The Labute approximate surface area is 85.9 Å². The summed E-state index contributed by atoms with van der Waals surface area (Å²) in [6, 6.07) is 2.04. The normalized spacial score (nSPS) is 12.2. The Morgan fingerprint density at radius 2 is 2.21 bits per heavy atom. The number of nitriles is 1. The van der Waals surface area contributed by atoms with E-state index in [-0.39, 0.29) is 11.8 Å². The average Bonchev–Trinajstić information content (AvgIpc) is 2.12. The smallest absolute Gasteiger partial charge is 0.221 e. The fourth-order valence-corrected chi connectivity index (χ4v) is 1.02. The van der Waals surface area contributed by atoms with Crippen LogP contribution in [0.3, 0.4) is 0 Å². The zero-order valence-corrected chi connectivity index (χ0v) is 9.21. The second kappa shape index (κ2) is 7.34. The Morgan fingerprint density at radius 3 is 2.71 bits per heavy atom. The molecule has 14 heavy (non-hydrogen) atoms. The Kier molecular flexibility index (Phi) is 6.77. The van der Waals surface area contributed by atoms with E-state index in [1.54, 1.807) is 6.92 Å². The fourth-order valence-electron chi connectivity index (χ4n) is 1.02. The van der Waals surface area contributed by atoms with Gasteiger partial charge in [-0.3, -0.25) is 4.79 Å². The van der Waals surface area contributed by atoms with Gasteiger partial charge in [0, 0.05) is 13.0 Å². The maximum Gasteiger partial charge on any atom is 0.221 e.